The zero-order valence-corrected chi connectivity index (χ0v) is 10.7. The summed E-state index contributed by atoms with van der Waals surface area (Å²) in [4.78, 5) is 11.7. The molecule has 0 radical (unpaired) electrons. The van der Waals surface area contributed by atoms with Crippen LogP contribution in [0.2, 0.25) is 0 Å². The van der Waals surface area contributed by atoms with Crippen molar-refractivity contribution < 1.29 is 9.90 Å². The van der Waals surface area contributed by atoms with Gasteiger partial charge < -0.3 is 15.7 Å². The van der Waals surface area contributed by atoms with Crippen molar-refractivity contribution in [2.24, 2.45) is 5.41 Å². The number of carbonyl (C=O) groups excluding carboxylic acids is 1. The van der Waals surface area contributed by atoms with Gasteiger partial charge in [-0.2, -0.15) is 0 Å². The summed E-state index contributed by atoms with van der Waals surface area (Å²) < 4.78 is 0. The van der Waals surface area contributed by atoms with E-state index in [-0.39, 0.29) is 18.2 Å². The van der Waals surface area contributed by atoms with Crippen LogP contribution in [0.4, 0.5) is 4.79 Å². The van der Waals surface area contributed by atoms with Crippen molar-refractivity contribution in [3.05, 3.63) is 0 Å². The first-order valence-corrected chi connectivity index (χ1v) is 6.86. The first-order chi connectivity index (χ1) is 8.13. The highest BCUT2D eigenvalue weighted by Gasteiger charge is 2.40. The maximum atomic E-state index is 11.7. The van der Waals surface area contributed by atoms with E-state index in [4.69, 9.17) is 0 Å². The monoisotopic (exact) mass is 240 g/mol. The minimum Gasteiger partial charge on any atom is -0.393 e. The Bertz CT molecular complexity index is 269. The fraction of sp³-hybridized carbons (Fsp3) is 0.923. The highest BCUT2D eigenvalue weighted by molar-refractivity contribution is 5.74. The lowest BCUT2D eigenvalue weighted by Crippen LogP contribution is -2.45. The number of urea groups is 1. The Morgan fingerprint density at radius 1 is 1.29 bits per heavy atom. The fourth-order valence-corrected chi connectivity index (χ4v) is 2.56. The van der Waals surface area contributed by atoms with E-state index in [1.807, 2.05) is 0 Å². The molecule has 0 aromatic heterocycles. The summed E-state index contributed by atoms with van der Waals surface area (Å²) in [6, 6.07) is 0.210. The molecule has 2 saturated carbocycles. The van der Waals surface area contributed by atoms with Crippen LogP contribution in [0.25, 0.3) is 0 Å². The van der Waals surface area contributed by atoms with Crippen molar-refractivity contribution in [3.63, 3.8) is 0 Å². The molecule has 4 nitrogen and oxygen atoms in total. The first kappa shape index (κ1) is 12.7. The molecule has 98 valence electrons. The van der Waals surface area contributed by atoms with E-state index in [9.17, 15) is 9.90 Å². The second-order valence-electron chi connectivity index (χ2n) is 5.69. The lowest BCUT2D eigenvalue weighted by atomic mass is 9.93. The van der Waals surface area contributed by atoms with Gasteiger partial charge in [0.1, 0.15) is 0 Å². The Hall–Kier alpha value is -0.770. The van der Waals surface area contributed by atoms with E-state index in [1.165, 1.54) is 12.8 Å². The van der Waals surface area contributed by atoms with Gasteiger partial charge in [-0.05, 0) is 50.4 Å². The van der Waals surface area contributed by atoms with Gasteiger partial charge >= 0.3 is 6.03 Å². The van der Waals surface area contributed by atoms with Gasteiger partial charge in [-0.1, -0.05) is 6.92 Å². The van der Waals surface area contributed by atoms with Crippen LogP contribution in [0.3, 0.4) is 0 Å². The van der Waals surface area contributed by atoms with Gasteiger partial charge in [-0.3, -0.25) is 0 Å². The summed E-state index contributed by atoms with van der Waals surface area (Å²) in [6.07, 6.45) is 6.90. The van der Waals surface area contributed by atoms with Gasteiger partial charge in [-0.15, -0.1) is 0 Å². The largest absolute Gasteiger partial charge is 0.393 e. The van der Waals surface area contributed by atoms with Crippen LogP contribution in [0.5, 0.6) is 0 Å². The quantitative estimate of drug-likeness (QED) is 0.701. The molecule has 3 N–H and O–H groups in total. The lowest BCUT2D eigenvalue weighted by molar-refractivity contribution is 0.117. The Kier molecular flexibility index (Phi) is 3.92. The van der Waals surface area contributed by atoms with Crippen LogP contribution in [-0.4, -0.2) is 29.8 Å². The summed E-state index contributed by atoms with van der Waals surface area (Å²) in [5, 5.41) is 15.4. The van der Waals surface area contributed by atoms with Crippen molar-refractivity contribution >= 4 is 6.03 Å². The minimum atomic E-state index is -0.161. The third-order valence-corrected chi connectivity index (χ3v) is 4.36. The van der Waals surface area contributed by atoms with E-state index in [2.05, 4.69) is 17.6 Å². The second kappa shape index (κ2) is 5.25. The number of carbonyl (C=O) groups is 1. The first-order valence-electron chi connectivity index (χ1n) is 6.86. The van der Waals surface area contributed by atoms with E-state index < -0.39 is 0 Å². The van der Waals surface area contributed by atoms with Gasteiger partial charge in [0.2, 0.25) is 0 Å². The Balaban J connectivity index is 1.64. The average molecular weight is 240 g/mol. The Labute approximate surface area is 103 Å². The number of aliphatic hydroxyl groups is 1. The predicted molar refractivity (Wildman–Crippen MR) is 66.8 cm³/mol. The van der Waals surface area contributed by atoms with Gasteiger partial charge in [-0.25, -0.2) is 4.79 Å². The van der Waals surface area contributed by atoms with E-state index in [0.717, 1.165) is 38.6 Å². The summed E-state index contributed by atoms with van der Waals surface area (Å²) in [7, 11) is 0. The molecule has 0 spiro atoms. The lowest BCUT2D eigenvalue weighted by Gasteiger charge is -2.26. The normalized spacial score (nSPS) is 30.7. The molecule has 2 amide bonds. The highest BCUT2D eigenvalue weighted by Crippen LogP contribution is 2.47. The zero-order chi connectivity index (χ0) is 12.3. The summed E-state index contributed by atoms with van der Waals surface area (Å²) in [5.41, 5.74) is 0.403. The predicted octanol–water partition coefficient (Wildman–Crippen LogP) is 1.78. The molecule has 2 aliphatic carbocycles. The molecule has 0 bridgehead atoms. The fourth-order valence-electron chi connectivity index (χ4n) is 2.56. The Morgan fingerprint density at radius 2 is 1.94 bits per heavy atom. The van der Waals surface area contributed by atoms with Gasteiger partial charge in [0, 0.05) is 12.6 Å². The van der Waals surface area contributed by atoms with Crippen molar-refractivity contribution in [2.75, 3.05) is 6.54 Å². The van der Waals surface area contributed by atoms with Crippen LogP contribution < -0.4 is 10.6 Å². The SMILES string of the molecule is CCC1(CNC(=O)NC2CCC(O)CC2)CC1. The second-order valence-corrected chi connectivity index (χ2v) is 5.69. The van der Waals surface area contributed by atoms with Crippen LogP contribution in [0, 0.1) is 5.41 Å². The van der Waals surface area contributed by atoms with E-state index >= 15 is 0 Å². The molecule has 0 aromatic rings. The molecule has 0 aliphatic heterocycles. The molecule has 17 heavy (non-hydrogen) atoms. The topological polar surface area (TPSA) is 61.4 Å². The minimum absolute atomic E-state index is 0.0360. The molecule has 2 rings (SSSR count). The van der Waals surface area contributed by atoms with Crippen molar-refractivity contribution in [3.8, 4) is 0 Å². The third kappa shape index (κ3) is 3.60. The van der Waals surface area contributed by atoms with Gasteiger partial charge in [0.25, 0.3) is 0 Å². The summed E-state index contributed by atoms with van der Waals surface area (Å²) in [5.74, 6) is 0. The van der Waals surface area contributed by atoms with Crippen molar-refractivity contribution in [2.45, 2.75) is 64.0 Å². The number of rotatable bonds is 4. The van der Waals surface area contributed by atoms with Crippen LogP contribution in [-0.2, 0) is 0 Å². The van der Waals surface area contributed by atoms with Crippen LogP contribution in [0.15, 0.2) is 0 Å². The maximum absolute atomic E-state index is 11.7. The van der Waals surface area contributed by atoms with Crippen LogP contribution in [0.1, 0.15) is 51.9 Å². The number of amides is 2. The van der Waals surface area contributed by atoms with Gasteiger partial charge in [0.15, 0.2) is 0 Å². The average Bonchev–Trinajstić information content (AvgIpc) is 3.10. The summed E-state index contributed by atoms with van der Waals surface area (Å²) >= 11 is 0. The van der Waals surface area contributed by atoms with Crippen molar-refractivity contribution in [1.29, 1.82) is 0 Å². The molecule has 0 unspecified atom stereocenters. The number of nitrogens with one attached hydrogen (secondary N) is 2. The molecule has 0 atom stereocenters. The van der Waals surface area contributed by atoms with Crippen LogP contribution >= 0.6 is 0 Å². The number of hydrogen-bond acceptors (Lipinski definition) is 2. The third-order valence-electron chi connectivity index (χ3n) is 4.36. The molecule has 2 aliphatic rings. The summed E-state index contributed by atoms with van der Waals surface area (Å²) in [6.45, 7) is 3.00. The van der Waals surface area contributed by atoms with Crippen molar-refractivity contribution in [1.82, 2.24) is 10.6 Å². The highest BCUT2D eigenvalue weighted by atomic mass is 16.3. The standard InChI is InChI=1S/C13H24N2O2/c1-2-13(7-8-13)9-14-12(17)15-10-3-5-11(16)6-4-10/h10-11,16H,2-9H2,1H3,(H2,14,15,17). The van der Waals surface area contributed by atoms with E-state index in [0.29, 0.717) is 5.41 Å². The Morgan fingerprint density at radius 3 is 2.47 bits per heavy atom. The molecule has 2 fully saturated rings. The maximum Gasteiger partial charge on any atom is 0.315 e. The van der Waals surface area contributed by atoms with Gasteiger partial charge in [0.05, 0.1) is 6.10 Å². The molecule has 0 saturated heterocycles. The number of hydrogen-bond donors (Lipinski definition) is 3. The molecular formula is C13H24N2O2. The smallest absolute Gasteiger partial charge is 0.315 e. The molecule has 4 heteroatoms. The van der Waals surface area contributed by atoms with E-state index in [1.54, 1.807) is 0 Å². The molecular weight excluding hydrogens is 216 g/mol. The zero-order valence-electron chi connectivity index (χ0n) is 10.7. The molecule has 0 aromatic carbocycles. The number of aliphatic hydroxyl groups excluding tert-OH is 1. The molecule has 0 heterocycles.